The van der Waals surface area contributed by atoms with Gasteiger partial charge in [-0.3, -0.25) is 19.5 Å². The standard InChI is InChI=1S/C21H40N4O/c1-20(2,3)22-19(26)8-7-11-23-12-9-18(10-13-23)24-14-16-25(17-15-24)21(4,5)6/h7-8,18H,9-17H2,1-6H3,(H,22,26)/b8-7+. The Morgan fingerprint density at radius 2 is 1.54 bits per heavy atom. The summed E-state index contributed by atoms with van der Waals surface area (Å²) in [6, 6.07) is 0.738. The lowest BCUT2D eigenvalue weighted by atomic mass is 10.0. The molecule has 26 heavy (non-hydrogen) atoms. The van der Waals surface area contributed by atoms with Gasteiger partial charge in [0.1, 0.15) is 0 Å². The van der Waals surface area contributed by atoms with Crippen LogP contribution in [0.15, 0.2) is 12.2 Å². The highest BCUT2D eigenvalue weighted by Gasteiger charge is 2.30. The second kappa shape index (κ2) is 8.85. The fourth-order valence-corrected chi connectivity index (χ4v) is 3.95. The normalized spacial score (nSPS) is 22.8. The maximum absolute atomic E-state index is 11.8. The number of likely N-dealkylation sites (tertiary alicyclic amines) is 1. The number of piperazine rings is 1. The lowest BCUT2D eigenvalue weighted by Crippen LogP contribution is -2.57. The molecule has 0 unspecified atom stereocenters. The number of piperidine rings is 1. The molecule has 2 fully saturated rings. The molecule has 0 aromatic rings. The van der Waals surface area contributed by atoms with E-state index in [2.05, 4.69) is 40.8 Å². The van der Waals surface area contributed by atoms with Crippen LogP contribution in [-0.2, 0) is 4.79 Å². The maximum atomic E-state index is 11.8. The minimum atomic E-state index is -0.170. The van der Waals surface area contributed by atoms with E-state index in [1.165, 1.54) is 39.0 Å². The molecule has 150 valence electrons. The summed E-state index contributed by atoms with van der Waals surface area (Å²) in [6.45, 7) is 20.9. The zero-order valence-corrected chi connectivity index (χ0v) is 17.8. The third-order valence-corrected chi connectivity index (χ3v) is 5.47. The quantitative estimate of drug-likeness (QED) is 0.777. The van der Waals surface area contributed by atoms with E-state index < -0.39 is 0 Å². The predicted molar refractivity (Wildman–Crippen MR) is 109 cm³/mol. The first-order valence-electron chi connectivity index (χ1n) is 10.2. The van der Waals surface area contributed by atoms with Gasteiger partial charge in [0.25, 0.3) is 0 Å². The molecule has 2 heterocycles. The van der Waals surface area contributed by atoms with Crippen LogP contribution in [0.5, 0.6) is 0 Å². The van der Waals surface area contributed by atoms with Crippen molar-refractivity contribution in [2.45, 2.75) is 71.5 Å². The number of hydrogen-bond acceptors (Lipinski definition) is 4. The summed E-state index contributed by atoms with van der Waals surface area (Å²) < 4.78 is 0. The molecule has 5 heteroatoms. The van der Waals surface area contributed by atoms with E-state index in [1.807, 2.05) is 26.8 Å². The van der Waals surface area contributed by atoms with Gasteiger partial charge in [0.2, 0.25) is 5.91 Å². The van der Waals surface area contributed by atoms with Gasteiger partial charge in [-0.15, -0.1) is 0 Å². The summed E-state index contributed by atoms with van der Waals surface area (Å²) >= 11 is 0. The second-order valence-corrected chi connectivity index (χ2v) is 9.87. The number of carbonyl (C=O) groups is 1. The Labute approximate surface area is 160 Å². The van der Waals surface area contributed by atoms with Crippen molar-refractivity contribution in [2.24, 2.45) is 0 Å². The minimum absolute atomic E-state index is 0.00380. The number of nitrogens with zero attached hydrogens (tertiary/aromatic N) is 3. The average Bonchev–Trinajstić information content (AvgIpc) is 2.53. The van der Waals surface area contributed by atoms with Crippen molar-refractivity contribution >= 4 is 5.91 Å². The van der Waals surface area contributed by atoms with Crippen LogP contribution in [0.25, 0.3) is 0 Å². The molecular formula is C21H40N4O. The largest absolute Gasteiger partial charge is 0.348 e. The van der Waals surface area contributed by atoms with Gasteiger partial charge in [-0.05, 0) is 67.5 Å². The van der Waals surface area contributed by atoms with Crippen molar-refractivity contribution in [1.29, 1.82) is 0 Å². The fraction of sp³-hybridized carbons (Fsp3) is 0.857. The third-order valence-electron chi connectivity index (χ3n) is 5.47. The first-order valence-corrected chi connectivity index (χ1v) is 10.2. The Morgan fingerprint density at radius 3 is 2.04 bits per heavy atom. The number of hydrogen-bond donors (Lipinski definition) is 1. The molecule has 2 aliphatic rings. The molecule has 2 rings (SSSR count). The number of amides is 1. The summed E-state index contributed by atoms with van der Waals surface area (Å²) in [6.07, 6.45) is 6.18. The third kappa shape index (κ3) is 7.01. The van der Waals surface area contributed by atoms with Crippen molar-refractivity contribution in [3.63, 3.8) is 0 Å². The van der Waals surface area contributed by atoms with Gasteiger partial charge >= 0.3 is 0 Å². The first kappa shape index (κ1) is 21.4. The highest BCUT2D eigenvalue weighted by Crippen LogP contribution is 2.21. The van der Waals surface area contributed by atoms with E-state index in [-0.39, 0.29) is 11.4 Å². The van der Waals surface area contributed by atoms with Crippen LogP contribution < -0.4 is 5.32 Å². The summed E-state index contributed by atoms with van der Waals surface area (Å²) in [5.41, 5.74) is 0.123. The second-order valence-electron chi connectivity index (χ2n) is 9.87. The first-order chi connectivity index (χ1) is 12.0. The Kier molecular flexibility index (Phi) is 7.28. The molecule has 1 amide bonds. The van der Waals surface area contributed by atoms with Crippen molar-refractivity contribution in [3.05, 3.63) is 12.2 Å². The van der Waals surface area contributed by atoms with Crippen LogP contribution in [-0.4, -0.2) is 83.5 Å². The molecule has 1 N–H and O–H groups in total. The highest BCUT2D eigenvalue weighted by molar-refractivity contribution is 5.87. The van der Waals surface area contributed by atoms with Crippen LogP contribution in [0.3, 0.4) is 0 Å². The maximum Gasteiger partial charge on any atom is 0.244 e. The minimum Gasteiger partial charge on any atom is -0.348 e. The van der Waals surface area contributed by atoms with Gasteiger partial charge in [0.05, 0.1) is 0 Å². The van der Waals surface area contributed by atoms with Crippen LogP contribution in [0.4, 0.5) is 0 Å². The summed E-state index contributed by atoms with van der Waals surface area (Å²) in [7, 11) is 0. The zero-order chi connectivity index (χ0) is 19.4. The van der Waals surface area contributed by atoms with Crippen LogP contribution in [0, 0.1) is 0 Å². The van der Waals surface area contributed by atoms with E-state index in [9.17, 15) is 4.79 Å². The Morgan fingerprint density at radius 1 is 0.962 bits per heavy atom. The van der Waals surface area contributed by atoms with E-state index in [1.54, 1.807) is 6.08 Å². The highest BCUT2D eigenvalue weighted by atomic mass is 16.1. The lowest BCUT2D eigenvalue weighted by molar-refractivity contribution is -0.117. The molecule has 0 saturated carbocycles. The van der Waals surface area contributed by atoms with Crippen LogP contribution in [0.1, 0.15) is 54.4 Å². The van der Waals surface area contributed by atoms with E-state index in [0.29, 0.717) is 5.54 Å². The molecule has 0 atom stereocenters. The van der Waals surface area contributed by atoms with Crippen molar-refractivity contribution in [2.75, 3.05) is 45.8 Å². The summed E-state index contributed by atoms with van der Waals surface area (Å²) in [5.74, 6) is 0.00380. The number of rotatable bonds is 4. The predicted octanol–water partition coefficient (Wildman–Crippen LogP) is 2.34. The van der Waals surface area contributed by atoms with Gasteiger partial charge in [-0.1, -0.05) is 6.08 Å². The molecule has 0 aromatic carbocycles. The Balaban J connectivity index is 1.67. The summed E-state index contributed by atoms with van der Waals surface area (Å²) in [5, 5.41) is 2.97. The Hall–Kier alpha value is -0.910. The lowest BCUT2D eigenvalue weighted by Gasteiger charge is -2.46. The zero-order valence-electron chi connectivity index (χ0n) is 17.8. The fourth-order valence-electron chi connectivity index (χ4n) is 3.95. The molecule has 0 aromatic heterocycles. The topological polar surface area (TPSA) is 38.8 Å². The monoisotopic (exact) mass is 364 g/mol. The molecular weight excluding hydrogens is 324 g/mol. The van der Waals surface area contributed by atoms with Crippen LogP contribution >= 0.6 is 0 Å². The van der Waals surface area contributed by atoms with E-state index >= 15 is 0 Å². The number of nitrogens with one attached hydrogen (secondary N) is 1. The Bertz CT molecular complexity index is 473. The molecule has 5 nitrogen and oxygen atoms in total. The van der Waals surface area contributed by atoms with Gasteiger partial charge in [0.15, 0.2) is 0 Å². The van der Waals surface area contributed by atoms with Gasteiger partial charge in [0, 0.05) is 55.9 Å². The molecule has 2 saturated heterocycles. The average molecular weight is 365 g/mol. The molecule has 0 aliphatic carbocycles. The number of carbonyl (C=O) groups excluding carboxylic acids is 1. The molecule has 0 spiro atoms. The molecule has 2 aliphatic heterocycles. The van der Waals surface area contributed by atoms with Gasteiger partial charge in [-0.2, -0.15) is 0 Å². The van der Waals surface area contributed by atoms with Gasteiger partial charge < -0.3 is 5.32 Å². The smallest absolute Gasteiger partial charge is 0.244 e. The van der Waals surface area contributed by atoms with E-state index in [4.69, 9.17) is 0 Å². The van der Waals surface area contributed by atoms with Gasteiger partial charge in [-0.25, -0.2) is 0 Å². The van der Waals surface area contributed by atoms with Crippen molar-refractivity contribution < 1.29 is 4.79 Å². The van der Waals surface area contributed by atoms with Crippen molar-refractivity contribution in [3.8, 4) is 0 Å². The summed E-state index contributed by atoms with van der Waals surface area (Å²) in [4.78, 5) is 19.6. The van der Waals surface area contributed by atoms with Crippen molar-refractivity contribution in [1.82, 2.24) is 20.0 Å². The van der Waals surface area contributed by atoms with E-state index in [0.717, 1.165) is 25.7 Å². The van der Waals surface area contributed by atoms with Crippen LogP contribution in [0.2, 0.25) is 0 Å². The molecule has 0 radical (unpaired) electrons. The molecule has 0 bridgehead atoms. The SMILES string of the molecule is CC(C)(C)NC(=O)/C=C/CN1CCC(N2CCN(C(C)(C)C)CC2)CC1.